The van der Waals surface area contributed by atoms with E-state index in [9.17, 15) is 13.2 Å². The minimum absolute atomic E-state index is 0.0677. The molecule has 1 saturated heterocycles. The van der Waals surface area contributed by atoms with Gasteiger partial charge in [0.1, 0.15) is 16.4 Å². The molecule has 2 aromatic carbocycles. The van der Waals surface area contributed by atoms with E-state index in [2.05, 4.69) is 0 Å². The summed E-state index contributed by atoms with van der Waals surface area (Å²) in [6.45, 7) is 4.83. The summed E-state index contributed by atoms with van der Waals surface area (Å²) in [5.74, 6) is 0.807. The highest BCUT2D eigenvalue weighted by Crippen LogP contribution is 2.30. The van der Waals surface area contributed by atoms with E-state index in [1.165, 1.54) is 11.4 Å². The molecule has 1 aliphatic heterocycles. The molecule has 0 spiro atoms. The Morgan fingerprint density at radius 2 is 1.62 bits per heavy atom. The zero-order chi connectivity index (χ0) is 21.0. The van der Waals surface area contributed by atoms with E-state index in [4.69, 9.17) is 9.47 Å². The minimum Gasteiger partial charge on any atom is -0.495 e. The second-order valence-electron chi connectivity index (χ2n) is 6.97. The molecule has 8 heteroatoms. The standard InChI is InChI=1S/C21H26N2O5S/c1-16-13-19(27-3)20(14-17(16)2)29(25,26)23-11-9-22(10-12-23)21(24)15-28-18-7-5-4-6-8-18/h4-8,13-14H,9-12,15H2,1-3H3. The summed E-state index contributed by atoms with van der Waals surface area (Å²) in [6.07, 6.45) is 0. The first-order chi connectivity index (χ1) is 13.8. The van der Waals surface area contributed by atoms with Crippen LogP contribution in [0.4, 0.5) is 0 Å². The lowest BCUT2D eigenvalue weighted by Gasteiger charge is -2.34. The Morgan fingerprint density at radius 1 is 1.00 bits per heavy atom. The zero-order valence-corrected chi connectivity index (χ0v) is 17.7. The van der Waals surface area contributed by atoms with Gasteiger partial charge in [-0.1, -0.05) is 18.2 Å². The van der Waals surface area contributed by atoms with Crippen LogP contribution in [0.2, 0.25) is 0 Å². The van der Waals surface area contributed by atoms with E-state index >= 15 is 0 Å². The monoisotopic (exact) mass is 418 g/mol. The lowest BCUT2D eigenvalue weighted by molar-refractivity contribution is -0.134. The number of ether oxygens (including phenoxy) is 2. The number of amides is 1. The van der Waals surface area contributed by atoms with Crippen molar-refractivity contribution in [1.82, 2.24) is 9.21 Å². The van der Waals surface area contributed by atoms with Gasteiger partial charge < -0.3 is 14.4 Å². The normalized spacial score (nSPS) is 15.2. The SMILES string of the molecule is COc1cc(C)c(C)cc1S(=O)(=O)N1CCN(C(=O)COc2ccccc2)CC1. The molecular weight excluding hydrogens is 392 g/mol. The molecule has 0 bridgehead atoms. The van der Waals surface area contributed by atoms with Gasteiger partial charge in [-0.05, 0) is 49.2 Å². The fourth-order valence-corrected chi connectivity index (χ4v) is 4.84. The van der Waals surface area contributed by atoms with Crippen LogP contribution < -0.4 is 9.47 Å². The Kier molecular flexibility index (Phi) is 6.44. The predicted octanol–water partition coefficient (Wildman–Crippen LogP) is 2.22. The van der Waals surface area contributed by atoms with Gasteiger partial charge in [0.2, 0.25) is 10.0 Å². The topological polar surface area (TPSA) is 76.2 Å². The molecule has 0 radical (unpaired) electrons. The molecule has 0 atom stereocenters. The number of carbonyl (C=O) groups is 1. The summed E-state index contributed by atoms with van der Waals surface area (Å²) in [7, 11) is -2.24. The molecule has 0 aliphatic carbocycles. The lowest BCUT2D eigenvalue weighted by Crippen LogP contribution is -2.51. The van der Waals surface area contributed by atoms with Gasteiger partial charge in [0.05, 0.1) is 7.11 Å². The van der Waals surface area contributed by atoms with Gasteiger partial charge in [0.15, 0.2) is 6.61 Å². The van der Waals surface area contributed by atoms with Crippen molar-refractivity contribution in [2.24, 2.45) is 0 Å². The quantitative estimate of drug-likeness (QED) is 0.719. The summed E-state index contributed by atoms with van der Waals surface area (Å²) < 4.78 is 38.5. The summed E-state index contributed by atoms with van der Waals surface area (Å²) in [5, 5.41) is 0. The molecule has 7 nitrogen and oxygen atoms in total. The molecule has 0 unspecified atom stereocenters. The van der Waals surface area contributed by atoms with Crippen LogP contribution in [0.1, 0.15) is 11.1 Å². The molecule has 156 valence electrons. The molecule has 1 aliphatic rings. The highest BCUT2D eigenvalue weighted by Gasteiger charge is 2.32. The van der Waals surface area contributed by atoms with Crippen LogP contribution in [0.3, 0.4) is 0 Å². The van der Waals surface area contributed by atoms with Crippen LogP contribution in [-0.4, -0.2) is 63.4 Å². The van der Waals surface area contributed by atoms with E-state index in [-0.39, 0.29) is 30.5 Å². The van der Waals surface area contributed by atoms with Gasteiger partial charge in [-0.25, -0.2) is 8.42 Å². The van der Waals surface area contributed by atoms with Gasteiger partial charge in [-0.2, -0.15) is 4.31 Å². The third kappa shape index (κ3) is 4.71. The van der Waals surface area contributed by atoms with Crippen molar-refractivity contribution in [2.75, 3.05) is 39.9 Å². The van der Waals surface area contributed by atoms with Crippen molar-refractivity contribution in [3.8, 4) is 11.5 Å². The smallest absolute Gasteiger partial charge is 0.260 e. The summed E-state index contributed by atoms with van der Waals surface area (Å²) in [5.41, 5.74) is 1.85. The van der Waals surface area contributed by atoms with E-state index in [0.29, 0.717) is 24.6 Å². The third-order valence-electron chi connectivity index (χ3n) is 5.09. The summed E-state index contributed by atoms with van der Waals surface area (Å²) >= 11 is 0. The highest BCUT2D eigenvalue weighted by molar-refractivity contribution is 7.89. The fraction of sp³-hybridized carbons (Fsp3) is 0.381. The van der Waals surface area contributed by atoms with Gasteiger partial charge in [-0.3, -0.25) is 4.79 Å². The van der Waals surface area contributed by atoms with Crippen LogP contribution in [0.5, 0.6) is 11.5 Å². The Hall–Kier alpha value is -2.58. The van der Waals surface area contributed by atoms with E-state index in [1.807, 2.05) is 32.0 Å². The predicted molar refractivity (Wildman–Crippen MR) is 110 cm³/mol. The first kappa shape index (κ1) is 21.1. The minimum atomic E-state index is -3.71. The number of hydrogen-bond acceptors (Lipinski definition) is 5. The van der Waals surface area contributed by atoms with E-state index in [0.717, 1.165) is 11.1 Å². The molecule has 29 heavy (non-hydrogen) atoms. The van der Waals surface area contributed by atoms with Gasteiger partial charge in [0.25, 0.3) is 5.91 Å². The van der Waals surface area contributed by atoms with E-state index in [1.54, 1.807) is 29.2 Å². The fourth-order valence-electron chi connectivity index (χ4n) is 3.19. The number of para-hydroxylation sites is 1. The average molecular weight is 419 g/mol. The molecular formula is C21H26N2O5S. The van der Waals surface area contributed by atoms with Crippen LogP contribution in [0.25, 0.3) is 0 Å². The van der Waals surface area contributed by atoms with Crippen molar-refractivity contribution < 1.29 is 22.7 Å². The molecule has 0 N–H and O–H groups in total. The van der Waals surface area contributed by atoms with Crippen molar-refractivity contribution in [2.45, 2.75) is 18.7 Å². The van der Waals surface area contributed by atoms with Crippen LogP contribution >= 0.6 is 0 Å². The second-order valence-corrected chi connectivity index (χ2v) is 8.88. The maximum Gasteiger partial charge on any atom is 0.260 e. The number of benzene rings is 2. The van der Waals surface area contributed by atoms with Crippen LogP contribution in [0.15, 0.2) is 47.4 Å². The number of nitrogens with zero attached hydrogens (tertiary/aromatic N) is 2. The first-order valence-electron chi connectivity index (χ1n) is 9.44. The number of hydrogen-bond donors (Lipinski definition) is 0. The average Bonchev–Trinajstić information content (AvgIpc) is 2.74. The Bertz CT molecular complexity index is 968. The lowest BCUT2D eigenvalue weighted by atomic mass is 10.1. The Labute approximate surface area is 171 Å². The second kappa shape index (κ2) is 8.84. The van der Waals surface area contributed by atoms with E-state index < -0.39 is 10.0 Å². The van der Waals surface area contributed by atoms with Gasteiger partial charge in [0, 0.05) is 26.2 Å². The van der Waals surface area contributed by atoms with Crippen LogP contribution in [-0.2, 0) is 14.8 Å². The van der Waals surface area contributed by atoms with Crippen molar-refractivity contribution in [1.29, 1.82) is 0 Å². The number of carbonyl (C=O) groups excluding carboxylic acids is 1. The molecule has 0 saturated carbocycles. The molecule has 3 rings (SSSR count). The molecule has 1 heterocycles. The van der Waals surface area contributed by atoms with Crippen LogP contribution in [0, 0.1) is 13.8 Å². The van der Waals surface area contributed by atoms with Crippen molar-refractivity contribution in [3.05, 3.63) is 53.6 Å². The number of aryl methyl sites for hydroxylation is 2. The largest absolute Gasteiger partial charge is 0.495 e. The van der Waals surface area contributed by atoms with Gasteiger partial charge in [-0.15, -0.1) is 0 Å². The maximum absolute atomic E-state index is 13.1. The third-order valence-corrected chi connectivity index (χ3v) is 7.01. The maximum atomic E-state index is 13.1. The molecule has 1 fully saturated rings. The zero-order valence-electron chi connectivity index (χ0n) is 16.9. The summed E-state index contributed by atoms with van der Waals surface area (Å²) in [6, 6.07) is 12.5. The highest BCUT2D eigenvalue weighted by atomic mass is 32.2. The Balaban J connectivity index is 1.64. The molecule has 0 aromatic heterocycles. The first-order valence-corrected chi connectivity index (χ1v) is 10.9. The summed E-state index contributed by atoms with van der Waals surface area (Å²) in [4.78, 5) is 14.2. The Morgan fingerprint density at radius 3 is 2.24 bits per heavy atom. The number of methoxy groups -OCH3 is 1. The molecule has 1 amide bonds. The van der Waals surface area contributed by atoms with Gasteiger partial charge >= 0.3 is 0 Å². The number of rotatable bonds is 6. The van der Waals surface area contributed by atoms with Crippen molar-refractivity contribution in [3.63, 3.8) is 0 Å². The molecule has 2 aromatic rings. The number of piperazine rings is 1. The van der Waals surface area contributed by atoms with Crippen molar-refractivity contribution >= 4 is 15.9 Å². The number of sulfonamides is 1.